The number of aromatic nitrogens is 2. The van der Waals surface area contributed by atoms with Crippen LogP contribution < -0.4 is 10.6 Å². The molecular formula is C14H22N4OS. The number of anilines is 1. The average Bonchev–Trinajstić information content (AvgIpc) is 3.04. The summed E-state index contributed by atoms with van der Waals surface area (Å²) in [6, 6.07) is 4.87. The molecule has 2 aromatic heterocycles. The molecule has 1 unspecified atom stereocenters. The van der Waals surface area contributed by atoms with Crippen LogP contribution in [-0.4, -0.2) is 15.7 Å². The van der Waals surface area contributed by atoms with Crippen LogP contribution in [0, 0.1) is 0 Å². The highest BCUT2D eigenvalue weighted by Crippen LogP contribution is 2.25. The maximum Gasteiger partial charge on any atom is 0.316 e. The first-order valence-corrected chi connectivity index (χ1v) is 7.73. The van der Waals surface area contributed by atoms with Crippen LogP contribution in [0.5, 0.6) is 0 Å². The van der Waals surface area contributed by atoms with E-state index in [-0.39, 0.29) is 11.6 Å². The molecular weight excluding hydrogens is 272 g/mol. The standard InChI is InChI=1S/C14H22N4OS/c1-5-10(11-7-6-8-20-11)16-13-18-17-12(19-13)9-15-14(2,3)4/h6-8,10,15H,5,9H2,1-4H3,(H,16,18). The summed E-state index contributed by atoms with van der Waals surface area (Å²) in [4.78, 5) is 1.28. The summed E-state index contributed by atoms with van der Waals surface area (Å²) in [6.45, 7) is 9.02. The predicted octanol–water partition coefficient (Wildman–Crippen LogP) is 3.58. The van der Waals surface area contributed by atoms with Crippen LogP contribution in [0.3, 0.4) is 0 Å². The van der Waals surface area contributed by atoms with Gasteiger partial charge in [-0.15, -0.1) is 16.4 Å². The Morgan fingerprint density at radius 3 is 2.75 bits per heavy atom. The molecule has 0 saturated carbocycles. The van der Waals surface area contributed by atoms with Gasteiger partial charge in [0.25, 0.3) is 0 Å². The third kappa shape index (κ3) is 4.31. The molecule has 0 bridgehead atoms. The van der Waals surface area contributed by atoms with Crippen molar-refractivity contribution in [3.05, 3.63) is 28.3 Å². The highest BCUT2D eigenvalue weighted by molar-refractivity contribution is 7.10. The lowest BCUT2D eigenvalue weighted by atomic mass is 10.1. The van der Waals surface area contributed by atoms with Crippen molar-refractivity contribution in [3.8, 4) is 0 Å². The first-order valence-electron chi connectivity index (χ1n) is 6.85. The van der Waals surface area contributed by atoms with Crippen LogP contribution in [0.15, 0.2) is 21.9 Å². The van der Waals surface area contributed by atoms with Gasteiger partial charge in [-0.05, 0) is 38.6 Å². The number of rotatable bonds is 6. The van der Waals surface area contributed by atoms with Crippen molar-refractivity contribution in [2.75, 3.05) is 5.32 Å². The van der Waals surface area contributed by atoms with Gasteiger partial charge in [0.05, 0.1) is 12.6 Å². The molecule has 20 heavy (non-hydrogen) atoms. The van der Waals surface area contributed by atoms with Gasteiger partial charge in [0.2, 0.25) is 5.89 Å². The summed E-state index contributed by atoms with van der Waals surface area (Å²) in [5.41, 5.74) is 0.0327. The fraction of sp³-hybridized carbons (Fsp3) is 0.571. The van der Waals surface area contributed by atoms with Gasteiger partial charge in [0.1, 0.15) is 0 Å². The maximum atomic E-state index is 5.62. The SMILES string of the molecule is CCC(Nc1nnc(CNC(C)(C)C)o1)c1cccs1. The van der Waals surface area contributed by atoms with Crippen molar-refractivity contribution in [2.24, 2.45) is 0 Å². The Bertz CT molecular complexity index is 516. The number of nitrogens with zero attached hydrogens (tertiary/aromatic N) is 2. The lowest BCUT2D eigenvalue weighted by Crippen LogP contribution is -2.35. The van der Waals surface area contributed by atoms with Gasteiger partial charge in [-0.2, -0.15) is 0 Å². The van der Waals surface area contributed by atoms with E-state index in [0.717, 1.165) is 6.42 Å². The predicted molar refractivity (Wildman–Crippen MR) is 81.9 cm³/mol. The van der Waals surface area contributed by atoms with Crippen LogP contribution >= 0.6 is 11.3 Å². The van der Waals surface area contributed by atoms with Gasteiger partial charge < -0.3 is 15.1 Å². The molecule has 1 atom stereocenters. The molecule has 2 heterocycles. The van der Waals surface area contributed by atoms with E-state index in [0.29, 0.717) is 18.5 Å². The molecule has 0 aliphatic rings. The van der Waals surface area contributed by atoms with Gasteiger partial charge in [-0.1, -0.05) is 18.1 Å². The normalized spacial score (nSPS) is 13.4. The molecule has 0 aliphatic heterocycles. The van der Waals surface area contributed by atoms with E-state index in [1.165, 1.54) is 4.88 Å². The molecule has 0 spiro atoms. The molecule has 2 rings (SSSR count). The van der Waals surface area contributed by atoms with Crippen molar-refractivity contribution in [3.63, 3.8) is 0 Å². The topological polar surface area (TPSA) is 63.0 Å². The van der Waals surface area contributed by atoms with E-state index in [1.807, 2.05) is 0 Å². The van der Waals surface area contributed by atoms with Crippen LogP contribution in [0.4, 0.5) is 6.01 Å². The minimum atomic E-state index is 0.0327. The second kappa shape index (κ2) is 6.37. The van der Waals surface area contributed by atoms with Gasteiger partial charge >= 0.3 is 6.01 Å². The highest BCUT2D eigenvalue weighted by atomic mass is 32.1. The lowest BCUT2D eigenvalue weighted by Gasteiger charge is -2.18. The van der Waals surface area contributed by atoms with Crippen molar-refractivity contribution >= 4 is 17.4 Å². The van der Waals surface area contributed by atoms with Crippen LogP contribution in [0.1, 0.15) is 50.9 Å². The second-order valence-electron chi connectivity index (χ2n) is 5.73. The van der Waals surface area contributed by atoms with Crippen molar-refractivity contribution in [1.82, 2.24) is 15.5 Å². The number of nitrogens with one attached hydrogen (secondary N) is 2. The highest BCUT2D eigenvalue weighted by Gasteiger charge is 2.15. The largest absolute Gasteiger partial charge is 0.407 e. The summed E-state index contributed by atoms with van der Waals surface area (Å²) < 4.78 is 5.62. The molecule has 5 nitrogen and oxygen atoms in total. The van der Waals surface area contributed by atoms with E-state index in [2.05, 4.69) is 66.0 Å². The molecule has 6 heteroatoms. The molecule has 2 N–H and O–H groups in total. The Kier molecular flexibility index (Phi) is 4.77. The Hall–Kier alpha value is -1.40. The van der Waals surface area contributed by atoms with Gasteiger partial charge in [-0.3, -0.25) is 0 Å². The zero-order valence-corrected chi connectivity index (χ0v) is 13.3. The fourth-order valence-corrected chi connectivity index (χ4v) is 2.60. The zero-order chi connectivity index (χ0) is 14.6. The third-order valence-electron chi connectivity index (χ3n) is 2.83. The Morgan fingerprint density at radius 2 is 2.15 bits per heavy atom. The molecule has 0 aromatic carbocycles. The van der Waals surface area contributed by atoms with Crippen molar-refractivity contribution in [1.29, 1.82) is 0 Å². The zero-order valence-electron chi connectivity index (χ0n) is 12.4. The molecule has 2 aromatic rings. The van der Waals surface area contributed by atoms with Crippen LogP contribution in [0.25, 0.3) is 0 Å². The lowest BCUT2D eigenvalue weighted by molar-refractivity contribution is 0.383. The van der Waals surface area contributed by atoms with Crippen molar-refractivity contribution < 1.29 is 4.42 Å². The van der Waals surface area contributed by atoms with Crippen LogP contribution in [0.2, 0.25) is 0 Å². The maximum absolute atomic E-state index is 5.62. The quantitative estimate of drug-likeness (QED) is 0.852. The molecule has 0 radical (unpaired) electrons. The van der Waals surface area contributed by atoms with E-state index >= 15 is 0 Å². The summed E-state index contributed by atoms with van der Waals surface area (Å²) >= 11 is 1.73. The summed E-state index contributed by atoms with van der Waals surface area (Å²) in [7, 11) is 0. The first-order chi connectivity index (χ1) is 9.48. The number of hydrogen-bond donors (Lipinski definition) is 2. The minimum Gasteiger partial charge on any atom is -0.407 e. The Balaban J connectivity index is 1.95. The Morgan fingerprint density at radius 1 is 1.35 bits per heavy atom. The molecule has 0 fully saturated rings. The molecule has 0 amide bonds. The van der Waals surface area contributed by atoms with E-state index in [1.54, 1.807) is 11.3 Å². The second-order valence-corrected chi connectivity index (χ2v) is 6.70. The fourth-order valence-electron chi connectivity index (χ4n) is 1.74. The van der Waals surface area contributed by atoms with Crippen molar-refractivity contribution in [2.45, 2.75) is 52.2 Å². The first kappa shape index (κ1) is 15.0. The smallest absolute Gasteiger partial charge is 0.316 e. The average molecular weight is 294 g/mol. The van der Waals surface area contributed by atoms with E-state index in [4.69, 9.17) is 4.42 Å². The van der Waals surface area contributed by atoms with E-state index < -0.39 is 0 Å². The van der Waals surface area contributed by atoms with E-state index in [9.17, 15) is 0 Å². The Labute approximate surface area is 123 Å². The number of hydrogen-bond acceptors (Lipinski definition) is 6. The molecule has 110 valence electrons. The summed E-state index contributed by atoms with van der Waals surface area (Å²) in [5.74, 6) is 0.600. The molecule has 0 aliphatic carbocycles. The van der Waals surface area contributed by atoms with Gasteiger partial charge in [0.15, 0.2) is 0 Å². The van der Waals surface area contributed by atoms with Gasteiger partial charge in [0, 0.05) is 10.4 Å². The monoisotopic (exact) mass is 294 g/mol. The van der Waals surface area contributed by atoms with Gasteiger partial charge in [-0.25, -0.2) is 0 Å². The third-order valence-corrected chi connectivity index (χ3v) is 3.82. The minimum absolute atomic E-state index is 0.0327. The summed E-state index contributed by atoms with van der Waals surface area (Å²) in [6.07, 6.45) is 0.971. The van der Waals surface area contributed by atoms with Crippen LogP contribution in [-0.2, 0) is 6.54 Å². The molecule has 0 saturated heterocycles. The number of thiophene rings is 1. The summed E-state index contributed by atoms with van der Waals surface area (Å²) in [5, 5.41) is 16.8.